The predicted molar refractivity (Wildman–Crippen MR) is 99.8 cm³/mol. The Morgan fingerprint density at radius 3 is 2.54 bits per heavy atom. The monoisotopic (exact) mass is 323 g/mol. The Bertz CT molecular complexity index is 838. The van der Waals surface area contributed by atoms with Crippen LogP contribution in [0.4, 0.5) is 0 Å². The summed E-state index contributed by atoms with van der Waals surface area (Å²) in [5, 5.41) is 0. The van der Waals surface area contributed by atoms with E-state index < -0.39 is 0 Å². The van der Waals surface area contributed by atoms with Gasteiger partial charge < -0.3 is 4.42 Å². The van der Waals surface area contributed by atoms with Gasteiger partial charge in [-0.15, -0.1) is 0 Å². The van der Waals surface area contributed by atoms with Gasteiger partial charge in [0.2, 0.25) is 0 Å². The molecule has 0 fully saturated rings. The van der Waals surface area contributed by atoms with Gasteiger partial charge >= 0.3 is 0 Å². The summed E-state index contributed by atoms with van der Waals surface area (Å²) in [6, 6.07) is 0. The SMILES string of the molecule is CC(C)=C[C@@H]1C[C@H](C)[C@H]2CC[C@H](C)c3c2c1c(C)c1nc(C)oc31. The summed E-state index contributed by atoms with van der Waals surface area (Å²) < 4.78 is 6.11. The van der Waals surface area contributed by atoms with Gasteiger partial charge in [0.1, 0.15) is 5.52 Å². The number of rotatable bonds is 1. The fourth-order valence-corrected chi connectivity index (χ4v) is 5.35. The number of nitrogens with zero attached hydrogens (tertiary/aromatic N) is 1. The van der Waals surface area contributed by atoms with Crippen LogP contribution in [0.3, 0.4) is 0 Å². The molecule has 2 heteroatoms. The van der Waals surface area contributed by atoms with E-state index in [4.69, 9.17) is 9.40 Å². The highest BCUT2D eigenvalue weighted by atomic mass is 16.3. The highest BCUT2D eigenvalue weighted by Gasteiger charge is 2.40. The van der Waals surface area contributed by atoms with Gasteiger partial charge in [0.05, 0.1) is 0 Å². The quantitative estimate of drug-likeness (QED) is 0.559. The molecule has 1 heterocycles. The third-order valence-electron chi connectivity index (χ3n) is 6.31. The number of oxazole rings is 1. The molecule has 0 aliphatic heterocycles. The molecule has 2 nitrogen and oxygen atoms in total. The van der Waals surface area contributed by atoms with Crippen LogP contribution in [-0.2, 0) is 0 Å². The molecule has 4 rings (SSSR count). The average Bonchev–Trinajstić information content (AvgIpc) is 2.88. The van der Waals surface area contributed by atoms with Crippen molar-refractivity contribution in [3.8, 4) is 0 Å². The number of fused-ring (bicyclic) bond motifs is 2. The van der Waals surface area contributed by atoms with E-state index in [0.29, 0.717) is 17.8 Å². The van der Waals surface area contributed by atoms with Crippen LogP contribution in [-0.4, -0.2) is 4.98 Å². The van der Waals surface area contributed by atoms with Crippen molar-refractivity contribution in [3.05, 3.63) is 39.8 Å². The molecule has 2 aliphatic carbocycles. The van der Waals surface area contributed by atoms with Crippen LogP contribution in [0, 0.1) is 19.8 Å². The zero-order valence-electron chi connectivity index (χ0n) is 15.9. The van der Waals surface area contributed by atoms with E-state index >= 15 is 0 Å². The summed E-state index contributed by atoms with van der Waals surface area (Å²) in [5.41, 5.74) is 9.62. The average molecular weight is 323 g/mol. The Balaban J connectivity index is 2.11. The van der Waals surface area contributed by atoms with E-state index in [1.54, 1.807) is 11.1 Å². The topological polar surface area (TPSA) is 26.0 Å². The standard InChI is InChI=1S/C22H29NO/c1-11(2)9-16-10-13(4)17-8-7-12(3)18-20(17)19(16)14(5)21-22(18)24-15(6)23-21/h9,12-13,16-17H,7-8,10H2,1-6H3/t12-,13-,16+,17+/m0/s1. The fourth-order valence-electron chi connectivity index (χ4n) is 5.35. The molecule has 1 aromatic heterocycles. The molecule has 4 atom stereocenters. The third kappa shape index (κ3) is 2.18. The largest absolute Gasteiger partial charge is 0.441 e. The maximum Gasteiger partial charge on any atom is 0.192 e. The number of benzene rings is 1. The molecule has 2 aliphatic rings. The van der Waals surface area contributed by atoms with Gasteiger partial charge in [-0.25, -0.2) is 4.98 Å². The second kappa shape index (κ2) is 5.47. The minimum absolute atomic E-state index is 0.529. The summed E-state index contributed by atoms with van der Waals surface area (Å²) in [6.07, 6.45) is 6.34. The second-order valence-electron chi connectivity index (χ2n) is 8.43. The van der Waals surface area contributed by atoms with Crippen molar-refractivity contribution in [1.29, 1.82) is 0 Å². The van der Waals surface area contributed by atoms with Crippen LogP contribution in [0.1, 0.15) is 92.9 Å². The Morgan fingerprint density at radius 2 is 1.83 bits per heavy atom. The molecule has 0 unspecified atom stereocenters. The Labute approximate surface area is 145 Å². The molecule has 0 bridgehead atoms. The van der Waals surface area contributed by atoms with Crippen LogP contribution in [0.25, 0.3) is 11.1 Å². The number of hydrogen-bond donors (Lipinski definition) is 0. The minimum atomic E-state index is 0.529. The molecular formula is C22H29NO. The van der Waals surface area contributed by atoms with Gasteiger partial charge in [-0.2, -0.15) is 0 Å². The number of aromatic nitrogens is 1. The van der Waals surface area contributed by atoms with Gasteiger partial charge in [-0.3, -0.25) is 0 Å². The van der Waals surface area contributed by atoms with Crippen molar-refractivity contribution in [3.63, 3.8) is 0 Å². The Morgan fingerprint density at radius 1 is 1.08 bits per heavy atom. The first-order chi connectivity index (χ1) is 11.4. The van der Waals surface area contributed by atoms with Gasteiger partial charge in [-0.1, -0.05) is 25.5 Å². The highest BCUT2D eigenvalue weighted by Crippen LogP contribution is 2.55. The smallest absolute Gasteiger partial charge is 0.192 e. The maximum absolute atomic E-state index is 6.11. The Kier molecular flexibility index (Phi) is 3.63. The van der Waals surface area contributed by atoms with E-state index in [9.17, 15) is 0 Å². The minimum Gasteiger partial charge on any atom is -0.441 e. The zero-order chi connectivity index (χ0) is 17.2. The summed E-state index contributed by atoms with van der Waals surface area (Å²) >= 11 is 0. The molecule has 0 saturated carbocycles. The normalized spacial score (nSPS) is 28.8. The third-order valence-corrected chi connectivity index (χ3v) is 6.31. The van der Waals surface area contributed by atoms with Crippen LogP contribution >= 0.6 is 0 Å². The first kappa shape index (κ1) is 15.9. The maximum atomic E-state index is 6.11. The van der Waals surface area contributed by atoms with Crippen molar-refractivity contribution in [1.82, 2.24) is 4.98 Å². The lowest BCUT2D eigenvalue weighted by atomic mass is 9.62. The van der Waals surface area contributed by atoms with Crippen LogP contribution < -0.4 is 0 Å². The molecule has 2 aromatic rings. The van der Waals surface area contributed by atoms with Gasteiger partial charge in [0.15, 0.2) is 11.5 Å². The lowest BCUT2D eigenvalue weighted by Crippen LogP contribution is -2.28. The van der Waals surface area contributed by atoms with Crippen molar-refractivity contribution in [2.75, 3.05) is 0 Å². The van der Waals surface area contributed by atoms with Crippen molar-refractivity contribution in [2.45, 2.75) is 78.6 Å². The van der Waals surface area contributed by atoms with E-state index in [0.717, 1.165) is 22.9 Å². The molecule has 128 valence electrons. The van der Waals surface area contributed by atoms with E-state index in [2.05, 4.69) is 40.7 Å². The van der Waals surface area contributed by atoms with Crippen LogP contribution in [0.5, 0.6) is 0 Å². The van der Waals surface area contributed by atoms with Crippen molar-refractivity contribution >= 4 is 11.1 Å². The fraction of sp³-hybridized carbons (Fsp3) is 0.591. The van der Waals surface area contributed by atoms with Crippen molar-refractivity contribution < 1.29 is 4.42 Å². The van der Waals surface area contributed by atoms with Crippen molar-refractivity contribution in [2.24, 2.45) is 5.92 Å². The molecule has 0 spiro atoms. The van der Waals surface area contributed by atoms with Gasteiger partial charge in [0.25, 0.3) is 0 Å². The number of aryl methyl sites for hydroxylation is 2. The second-order valence-corrected chi connectivity index (χ2v) is 8.43. The molecule has 0 amide bonds. The lowest BCUT2D eigenvalue weighted by molar-refractivity contribution is 0.332. The predicted octanol–water partition coefficient (Wildman–Crippen LogP) is 6.52. The summed E-state index contributed by atoms with van der Waals surface area (Å²) in [4.78, 5) is 4.76. The molecule has 0 saturated heterocycles. The van der Waals surface area contributed by atoms with Gasteiger partial charge in [0, 0.05) is 18.4 Å². The molecule has 0 radical (unpaired) electrons. The van der Waals surface area contributed by atoms with Gasteiger partial charge in [-0.05, 0) is 74.5 Å². The van der Waals surface area contributed by atoms with Crippen LogP contribution in [0.2, 0.25) is 0 Å². The van der Waals surface area contributed by atoms with E-state index in [1.807, 2.05) is 6.92 Å². The lowest BCUT2D eigenvalue weighted by Gasteiger charge is -2.42. The summed E-state index contributed by atoms with van der Waals surface area (Å²) in [7, 11) is 0. The number of hydrogen-bond acceptors (Lipinski definition) is 2. The molecule has 1 aromatic carbocycles. The van der Waals surface area contributed by atoms with Crippen LogP contribution in [0.15, 0.2) is 16.1 Å². The Hall–Kier alpha value is -1.57. The first-order valence-corrected chi connectivity index (χ1v) is 9.46. The molecule has 0 N–H and O–H groups in total. The zero-order valence-corrected chi connectivity index (χ0v) is 15.9. The molecular weight excluding hydrogens is 294 g/mol. The number of allylic oxidation sites excluding steroid dienone is 2. The highest BCUT2D eigenvalue weighted by molar-refractivity contribution is 5.85. The van der Waals surface area contributed by atoms with E-state index in [1.165, 1.54) is 36.0 Å². The summed E-state index contributed by atoms with van der Waals surface area (Å²) in [5.74, 6) is 3.34. The summed E-state index contributed by atoms with van der Waals surface area (Å²) in [6.45, 7) is 13.5. The first-order valence-electron chi connectivity index (χ1n) is 9.46. The van der Waals surface area contributed by atoms with E-state index in [-0.39, 0.29) is 0 Å². The molecule has 24 heavy (non-hydrogen) atoms.